The molecule has 0 aromatic carbocycles. The molecular formula is C14H18N4O. The number of hydrogen-bond donors (Lipinski definition) is 1. The van der Waals surface area contributed by atoms with Gasteiger partial charge in [0.25, 0.3) is 5.56 Å². The van der Waals surface area contributed by atoms with Gasteiger partial charge in [0.2, 0.25) is 0 Å². The number of aromatic amines is 1. The summed E-state index contributed by atoms with van der Waals surface area (Å²) in [5.74, 6) is 1.44. The van der Waals surface area contributed by atoms with Gasteiger partial charge in [-0.15, -0.1) is 0 Å². The Bertz CT molecular complexity index is 579. The Labute approximate surface area is 112 Å². The zero-order valence-electron chi connectivity index (χ0n) is 11.3. The summed E-state index contributed by atoms with van der Waals surface area (Å²) >= 11 is 0. The van der Waals surface area contributed by atoms with Crippen LogP contribution in [-0.4, -0.2) is 28.5 Å². The van der Waals surface area contributed by atoms with Gasteiger partial charge in [-0.3, -0.25) is 9.78 Å². The van der Waals surface area contributed by atoms with Crippen LogP contribution in [0.3, 0.4) is 0 Å². The minimum atomic E-state index is -0.0994. The number of anilines is 1. The van der Waals surface area contributed by atoms with E-state index in [2.05, 4.69) is 15.0 Å². The van der Waals surface area contributed by atoms with Crippen molar-refractivity contribution in [1.29, 1.82) is 0 Å². The minimum Gasteiger partial charge on any atom is -0.359 e. The Balaban J connectivity index is 2.05. The van der Waals surface area contributed by atoms with Gasteiger partial charge in [-0.25, -0.2) is 4.98 Å². The molecule has 5 heteroatoms. The molecule has 0 unspecified atom stereocenters. The van der Waals surface area contributed by atoms with Crippen molar-refractivity contribution < 1.29 is 0 Å². The summed E-state index contributed by atoms with van der Waals surface area (Å²) < 4.78 is 0. The SMILES string of the molecule is CCc1nc(N(C)CCc2ccncc2)cc(=O)[nH]1. The van der Waals surface area contributed by atoms with E-state index < -0.39 is 0 Å². The normalized spacial score (nSPS) is 10.4. The lowest BCUT2D eigenvalue weighted by Crippen LogP contribution is -2.24. The molecule has 2 rings (SSSR count). The molecular weight excluding hydrogens is 240 g/mol. The number of nitrogens with one attached hydrogen (secondary N) is 1. The molecule has 0 spiro atoms. The van der Waals surface area contributed by atoms with Crippen LogP contribution in [0.5, 0.6) is 0 Å². The van der Waals surface area contributed by atoms with Gasteiger partial charge in [0, 0.05) is 38.5 Å². The predicted molar refractivity (Wildman–Crippen MR) is 75.4 cm³/mol. The number of aromatic nitrogens is 3. The second kappa shape index (κ2) is 6.13. The van der Waals surface area contributed by atoms with Crippen molar-refractivity contribution in [2.75, 3.05) is 18.5 Å². The summed E-state index contributed by atoms with van der Waals surface area (Å²) in [6.07, 6.45) is 5.20. The number of aryl methyl sites for hydroxylation is 1. The highest BCUT2D eigenvalue weighted by atomic mass is 16.1. The number of pyridine rings is 1. The van der Waals surface area contributed by atoms with Crippen LogP contribution in [-0.2, 0) is 12.8 Å². The lowest BCUT2D eigenvalue weighted by molar-refractivity contribution is 0.830. The van der Waals surface area contributed by atoms with Crippen molar-refractivity contribution in [2.45, 2.75) is 19.8 Å². The average molecular weight is 258 g/mol. The monoisotopic (exact) mass is 258 g/mol. The van der Waals surface area contributed by atoms with E-state index in [0.717, 1.165) is 31.0 Å². The van der Waals surface area contributed by atoms with Crippen molar-refractivity contribution in [3.05, 3.63) is 52.3 Å². The van der Waals surface area contributed by atoms with E-state index in [4.69, 9.17) is 0 Å². The second-order valence-corrected chi connectivity index (χ2v) is 4.43. The lowest BCUT2D eigenvalue weighted by Gasteiger charge is -2.18. The van der Waals surface area contributed by atoms with Gasteiger partial charge < -0.3 is 9.88 Å². The third-order valence-electron chi connectivity index (χ3n) is 2.99. The van der Waals surface area contributed by atoms with Crippen LogP contribution in [0.2, 0.25) is 0 Å². The topological polar surface area (TPSA) is 61.9 Å². The molecule has 0 saturated carbocycles. The van der Waals surface area contributed by atoms with Gasteiger partial charge in [-0.2, -0.15) is 0 Å². The van der Waals surface area contributed by atoms with Crippen LogP contribution in [0.15, 0.2) is 35.4 Å². The molecule has 0 fully saturated rings. The highest BCUT2D eigenvalue weighted by Crippen LogP contribution is 2.07. The first-order chi connectivity index (χ1) is 9.19. The lowest BCUT2D eigenvalue weighted by atomic mass is 10.2. The minimum absolute atomic E-state index is 0.0994. The quantitative estimate of drug-likeness (QED) is 0.880. The zero-order chi connectivity index (χ0) is 13.7. The molecule has 0 saturated heterocycles. The molecule has 2 aromatic rings. The van der Waals surface area contributed by atoms with Gasteiger partial charge in [0.05, 0.1) is 0 Å². The van der Waals surface area contributed by atoms with Crippen molar-refractivity contribution in [3.8, 4) is 0 Å². The number of hydrogen-bond acceptors (Lipinski definition) is 4. The number of likely N-dealkylation sites (N-methyl/N-ethyl adjacent to an activating group) is 1. The standard InChI is InChI=1S/C14H18N4O/c1-3-12-16-13(10-14(19)17-12)18(2)9-6-11-4-7-15-8-5-11/h4-5,7-8,10H,3,6,9H2,1-2H3,(H,16,17,19). The molecule has 0 radical (unpaired) electrons. The van der Waals surface area contributed by atoms with E-state index in [9.17, 15) is 4.79 Å². The Morgan fingerprint density at radius 1 is 1.32 bits per heavy atom. The van der Waals surface area contributed by atoms with Gasteiger partial charge in [0.1, 0.15) is 11.6 Å². The van der Waals surface area contributed by atoms with Crippen LogP contribution in [0.25, 0.3) is 0 Å². The van der Waals surface area contributed by atoms with E-state index in [1.165, 1.54) is 11.6 Å². The summed E-state index contributed by atoms with van der Waals surface area (Å²) in [5.41, 5.74) is 1.13. The first-order valence-electron chi connectivity index (χ1n) is 6.39. The summed E-state index contributed by atoms with van der Waals surface area (Å²) in [5, 5.41) is 0. The highest BCUT2D eigenvalue weighted by Gasteiger charge is 2.05. The molecule has 0 aliphatic heterocycles. The molecule has 2 aromatic heterocycles. The molecule has 0 atom stereocenters. The summed E-state index contributed by atoms with van der Waals surface area (Å²) in [6.45, 7) is 2.78. The van der Waals surface area contributed by atoms with E-state index >= 15 is 0 Å². The smallest absolute Gasteiger partial charge is 0.252 e. The predicted octanol–water partition coefficient (Wildman–Crippen LogP) is 1.41. The van der Waals surface area contributed by atoms with Crippen LogP contribution in [0, 0.1) is 0 Å². The van der Waals surface area contributed by atoms with Gasteiger partial charge in [-0.05, 0) is 24.1 Å². The average Bonchev–Trinajstić information content (AvgIpc) is 2.45. The van der Waals surface area contributed by atoms with Crippen LogP contribution in [0.4, 0.5) is 5.82 Å². The molecule has 0 bridgehead atoms. The molecule has 0 aliphatic rings. The molecule has 5 nitrogen and oxygen atoms in total. The van der Waals surface area contributed by atoms with Crippen molar-refractivity contribution in [3.63, 3.8) is 0 Å². The molecule has 1 N–H and O–H groups in total. The summed E-state index contributed by atoms with van der Waals surface area (Å²) in [4.78, 5) is 24.7. The fraction of sp³-hybridized carbons (Fsp3) is 0.357. The second-order valence-electron chi connectivity index (χ2n) is 4.43. The largest absolute Gasteiger partial charge is 0.359 e. The van der Waals surface area contributed by atoms with Gasteiger partial charge in [-0.1, -0.05) is 6.92 Å². The Morgan fingerprint density at radius 3 is 2.74 bits per heavy atom. The van der Waals surface area contributed by atoms with Crippen molar-refractivity contribution in [1.82, 2.24) is 15.0 Å². The highest BCUT2D eigenvalue weighted by molar-refractivity contribution is 5.36. The fourth-order valence-corrected chi connectivity index (χ4v) is 1.82. The Kier molecular flexibility index (Phi) is 4.28. The fourth-order valence-electron chi connectivity index (χ4n) is 1.82. The van der Waals surface area contributed by atoms with Gasteiger partial charge >= 0.3 is 0 Å². The third-order valence-corrected chi connectivity index (χ3v) is 2.99. The summed E-state index contributed by atoms with van der Waals surface area (Å²) in [7, 11) is 1.95. The third kappa shape index (κ3) is 3.64. The van der Waals surface area contributed by atoms with Crippen LogP contribution < -0.4 is 10.5 Å². The summed E-state index contributed by atoms with van der Waals surface area (Å²) in [6, 6.07) is 5.53. The number of H-pyrrole nitrogens is 1. The molecule has 2 heterocycles. The van der Waals surface area contributed by atoms with Crippen molar-refractivity contribution in [2.24, 2.45) is 0 Å². The maximum atomic E-state index is 11.5. The maximum Gasteiger partial charge on any atom is 0.252 e. The number of rotatable bonds is 5. The molecule has 0 amide bonds. The number of nitrogens with zero attached hydrogens (tertiary/aromatic N) is 3. The van der Waals surface area contributed by atoms with E-state index in [-0.39, 0.29) is 5.56 Å². The van der Waals surface area contributed by atoms with E-state index in [1.54, 1.807) is 12.4 Å². The Hall–Kier alpha value is -2.17. The first kappa shape index (κ1) is 13.3. The molecule has 100 valence electrons. The molecule has 0 aliphatic carbocycles. The Morgan fingerprint density at radius 2 is 2.05 bits per heavy atom. The van der Waals surface area contributed by atoms with Gasteiger partial charge in [0.15, 0.2) is 0 Å². The van der Waals surface area contributed by atoms with Crippen molar-refractivity contribution >= 4 is 5.82 Å². The maximum absolute atomic E-state index is 11.5. The molecule has 19 heavy (non-hydrogen) atoms. The zero-order valence-corrected chi connectivity index (χ0v) is 11.3. The first-order valence-corrected chi connectivity index (χ1v) is 6.39. The van der Waals surface area contributed by atoms with Crippen LogP contribution in [0.1, 0.15) is 18.3 Å². The van der Waals surface area contributed by atoms with E-state index in [1.807, 2.05) is 31.0 Å². The van der Waals surface area contributed by atoms with Crippen LogP contribution >= 0.6 is 0 Å². The van der Waals surface area contributed by atoms with E-state index in [0.29, 0.717) is 0 Å².